The molecule has 208 valence electrons. The predicted octanol–water partition coefficient (Wildman–Crippen LogP) is 7.20. The van der Waals surface area contributed by atoms with Crippen molar-refractivity contribution in [1.29, 1.82) is 0 Å². The summed E-state index contributed by atoms with van der Waals surface area (Å²) in [5.41, 5.74) is 3.96. The molecule has 1 amide bonds. The van der Waals surface area contributed by atoms with E-state index < -0.39 is 5.25 Å². The van der Waals surface area contributed by atoms with Crippen LogP contribution in [0.4, 0.5) is 5.00 Å². The monoisotopic (exact) mass is 566 g/mol. The number of fused-ring (bicyclic) bond motifs is 1. The Morgan fingerprint density at radius 2 is 1.77 bits per heavy atom. The number of ether oxygens (including phenoxy) is 1. The van der Waals surface area contributed by atoms with Crippen LogP contribution in [0.25, 0.3) is 11.4 Å². The number of rotatable bonds is 7. The molecule has 1 aromatic carbocycles. The van der Waals surface area contributed by atoms with E-state index in [0.29, 0.717) is 16.6 Å². The lowest BCUT2D eigenvalue weighted by Gasteiger charge is -2.20. The van der Waals surface area contributed by atoms with Crippen LogP contribution in [0.2, 0.25) is 0 Å². The highest BCUT2D eigenvalue weighted by molar-refractivity contribution is 8.00. The maximum atomic E-state index is 13.4. The number of anilines is 1. The smallest absolute Gasteiger partial charge is 0.341 e. The molecule has 1 saturated carbocycles. The number of carbonyl (C=O) groups is 2. The van der Waals surface area contributed by atoms with E-state index in [-0.39, 0.29) is 17.3 Å². The molecule has 0 aliphatic heterocycles. The van der Waals surface area contributed by atoms with Crippen molar-refractivity contribution in [2.45, 2.75) is 101 Å². The third-order valence-electron chi connectivity index (χ3n) is 7.81. The number of hydrogen-bond acceptors (Lipinski definition) is 7. The van der Waals surface area contributed by atoms with Crippen LogP contribution in [0.3, 0.4) is 0 Å². The van der Waals surface area contributed by atoms with Crippen molar-refractivity contribution in [2.75, 3.05) is 12.4 Å². The molecule has 1 N–H and O–H groups in total. The molecule has 3 aromatic rings. The Morgan fingerprint density at radius 3 is 2.44 bits per heavy atom. The zero-order valence-electron chi connectivity index (χ0n) is 23.5. The standard InChI is InChI=1S/C30H38N4O3S2/c1-18(26(35)31-27-24(28(36)37-5)22-12-8-9-13-23(22)39-27)38-29-33-32-25(34(29)21-10-6-7-11-21)19-14-16-20(17-15-19)30(2,3)4/h14-18,21H,6-13H2,1-5H3,(H,31,35)/t18-/m0/s1. The summed E-state index contributed by atoms with van der Waals surface area (Å²) in [4.78, 5) is 27.2. The Balaban J connectivity index is 1.39. The van der Waals surface area contributed by atoms with Gasteiger partial charge in [0.25, 0.3) is 0 Å². The number of amides is 1. The number of aromatic nitrogens is 3. The Kier molecular flexibility index (Phi) is 8.19. The SMILES string of the molecule is COC(=O)c1c(NC(=O)[C@H](C)Sc2nnc(-c3ccc(C(C)(C)C)cc3)n2C2CCCC2)sc2c1CCCC2. The largest absolute Gasteiger partial charge is 0.465 e. The summed E-state index contributed by atoms with van der Waals surface area (Å²) in [6, 6.07) is 8.93. The van der Waals surface area contributed by atoms with Crippen LogP contribution < -0.4 is 5.32 Å². The fraction of sp³-hybridized carbons (Fsp3) is 0.533. The van der Waals surface area contributed by atoms with Gasteiger partial charge in [0, 0.05) is 16.5 Å². The van der Waals surface area contributed by atoms with E-state index in [1.54, 1.807) is 0 Å². The fourth-order valence-electron chi connectivity index (χ4n) is 5.56. The maximum Gasteiger partial charge on any atom is 0.341 e. The van der Waals surface area contributed by atoms with E-state index in [4.69, 9.17) is 4.74 Å². The molecule has 2 heterocycles. The van der Waals surface area contributed by atoms with Gasteiger partial charge in [-0.3, -0.25) is 9.36 Å². The lowest BCUT2D eigenvalue weighted by molar-refractivity contribution is -0.115. The second kappa shape index (κ2) is 11.5. The van der Waals surface area contributed by atoms with E-state index in [0.717, 1.165) is 60.6 Å². The minimum Gasteiger partial charge on any atom is -0.465 e. The van der Waals surface area contributed by atoms with Crippen molar-refractivity contribution in [3.63, 3.8) is 0 Å². The number of methoxy groups -OCH3 is 1. The Labute approximate surface area is 239 Å². The first kappa shape index (κ1) is 27.9. The summed E-state index contributed by atoms with van der Waals surface area (Å²) >= 11 is 2.94. The molecule has 2 aliphatic carbocycles. The predicted molar refractivity (Wildman–Crippen MR) is 158 cm³/mol. The normalized spacial score (nSPS) is 16.6. The van der Waals surface area contributed by atoms with E-state index in [1.165, 1.54) is 53.5 Å². The van der Waals surface area contributed by atoms with Crippen molar-refractivity contribution >= 4 is 40.0 Å². The molecule has 2 aromatic heterocycles. The first-order chi connectivity index (χ1) is 18.7. The molecular formula is C30H38N4O3S2. The lowest BCUT2D eigenvalue weighted by Crippen LogP contribution is -2.24. The topological polar surface area (TPSA) is 86.1 Å². The van der Waals surface area contributed by atoms with E-state index in [1.807, 2.05) is 6.92 Å². The zero-order chi connectivity index (χ0) is 27.7. The van der Waals surface area contributed by atoms with E-state index in [9.17, 15) is 9.59 Å². The quantitative estimate of drug-likeness (QED) is 0.240. The van der Waals surface area contributed by atoms with Gasteiger partial charge in [0.15, 0.2) is 11.0 Å². The van der Waals surface area contributed by atoms with Gasteiger partial charge in [-0.2, -0.15) is 0 Å². The van der Waals surface area contributed by atoms with Crippen molar-refractivity contribution in [3.8, 4) is 11.4 Å². The highest BCUT2D eigenvalue weighted by Crippen LogP contribution is 2.40. The Morgan fingerprint density at radius 1 is 1.08 bits per heavy atom. The molecule has 1 atom stereocenters. The van der Waals surface area contributed by atoms with Crippen LogP contribution in [0, 0.1) is 0 Å². The number of thiophene rings is 1. The van der Waals surface area contributed by atoms with Gasteiger partial charge in [-0.15, -0.1) is 21.5 Å². The van der Waals surface area contributed by atoms with Crippen LogP contribution in [-0.4, -0.2) is 39.0 Å². The molecule has 39 heavy (non-hydrogen) atoms. The highest BCUT2D eigenvalue weighted by Gasteiger charge is 2.30. The molecule has 2 aliphatic rings. The summed E-state index contributed by atoms with van der Waals surface area (Å²) in [6.45, 7) is 8.52. The van der Waals surface area contributed by atoms with Crippen molar-refractivity contribution in [1.82, 2.24) is 14.8 Å². The van der Waals surface area contributed by atoms with Gasteiger partial charge in [-0.05, 0) is 62.0 Å². The number of nitrogens with one attached hydrogen (secondary N) is 1. The molecule has 0 unspecified atom stereocenters. The average molecular weight is 567 g/mol. The summed E-state index contributed by atoms with van der Waals surface area (Å²) in [6.07, 6.45) is 8.48. The molecule has 9 heteroatoms. The van der Waals surface area contributed by atoms with Crippen molar-refractivity contribution in [2.24, 2.45) is 0 Å². The molecule has 7 nitrogen and oxygen atoms in total. The third-order valence-corrected chi connectivity index (χ3v) is 10.1. The van der Waals surface area contributed by atoms with E-state index in [2.05, 4.69) is 65.1 Å². The molecule has 0 spiro atoms. The second-order valence-electron chi connectivity index (χ2n) is 11.6. The number of carbonyl (C=O) groups excluding carboxylic acids is 2. The first-order valence-electron chi connectivity index (χ1n) is 13.9. The minimum absolute atomic E-state index is 0.0804. The lowest BCUT2D eigenvalue weighted by atomic mass is 9.86. The van der Waals surface area contributed by atoms with Gasteiger partial charge in [0.2, 0.25) is 5.91 Å². The van der Waals surface area contributed by atoms with Gasteiger partial charge in [-0.25, -0.2) is 4.79 Å². The number of nitrogens with zero attached hydrogens (tertiary/aromatic N) is 3. The van der Waals surface area contributed by atoms with Gasteiger partial charge < -0.3 is 10.1 Å². The van der Waals surface area contributed by atoms with Gasteiger partial charge >= 0.3 is 5.97 Å². The first-order valence-corrected chi connectivity index (χ1v) is 15.6. The van der Waals surface area contributed by atoms with Crippen LogP contribution >= 0.6 is 23.1 Å². The summed E-state index contributed by atoms with van der Waals surface area (Å²) in [7, 11) is 1.39. The minimum atomic E-state index is -0.421. The molecule has 0 saturated heterocycles. The van der Waals surface area contributed by atoms with Crippen molar-refractivity contribution in [3.05, 3.63) is 45.8 Å². The third kappa shape index (κ3) is 5.80. The number of aryl methyl sites for hydroxylation is 1. The van der Waals surface area contributed by atoms with Crippen LogP contribution in [0.1, 0.15) is 98.6 Å². The van der Waals surface area contributed by atoms with Gasteiger partial charge in [0.1, 0.15) is 5.00 Å². The Bertz CT molecular complexity index is 1350. The molecular weight excluding hydrogens is 528 g/mol. The number of benzene rings is 1. The molecule has 0 radical (unpaired) electrons. The van der Waals surface area contributed by atoms with Crippen LogP contribution in [-0.2, 0) is 27.8 Å². The molecule has 0 bridgehead atoms. The molecule has 1 fully saturated rings. The van der Waals surface area contributed by atoms with E-state index >= 15 is 0 Å². The number of hydrogen-bond donors (Lipinski definition) is 1. The second-order valence-corrected chi connectivity index (χ2v) is 14.0. The Hall–Kier alpha value is -2.65. The van der Waals surface area contributed by atoms with Crippen LogP contribution in [0.15, 0.2) is 29.4 Å². The number of esters is 1. The van der Waals surface area contributed by atoms with Gasteiger partial charge in [0.05, 0.1) is 17.9 Å². The van der Waals surface area contributed by atoms with Gasteiger partial charge in [-0.1, -0.05) is 69.6 Å². The zero-order valence-corrected chi connectivity index (χ0v) is 25.1. The summed E-state index contributed by atoms with van der Waals surface area (Å²) < 4.78 is 7.32. The summed E-state index contributed by atoms with van der Waals surface area (Å²) in [5.74, 6) is 0.324. The fourth-order valence-corrected chi connectivity index (χ4v) is 7.76. The molecule has 5 rings (SSSR count). The summed E-state index contributed by atoms with van der Waals surface area (Å²) in [5, 5.41) is 13.2. The highest BCUT2D eigenvalue weighted by atomic mass is 32.2. The van der Waals surface area contributed by atoms with Crippen molar-refractivity contribution < 1.29 is 14.3 Å². The maximum absolute atomic E-state index is 13.4. The average Bonchev–Trinajstić information content (AvgIpc) is 3.66. The number of thioether (sulfide) groups is 1. The van der Waals surface area contributed by atoms with Crippen LogP contribution in [0.5, 0.6) is 0 Å².